The van der Waals surface area contributed by atoms with E-state index in [9.17, 15) is 9.18 Å². The average Bonchev–Trinajstić information content (AvgIpc) is 2.78. The topological polar surface area (TPSA) is 87.7 Å². The summed E-state index contributed by atoms with van der Waals surface area (Å²) in [5.41, 5.74) is 5.54. The third-order valence-electron chi connectivity index (χ3n) is 4.21. The van der Waals surface area contributed by atoms with Gasteiger partial charge in [0.25, 0.3) is 0 Å². The van der Waals surface area contributed by atoms with Gasteiger partial charge in [-0.25, -0.2) is 4.39 Å². The number of oxime groups is 1. The molecule has 1 aromatic rings. The number of benzene rings is 1. The molecule has 4 N–H and O–H groups in total. The van der Waals surface area contributed by atoms with Crippen molar-refractivity contribution in [2.75, 3.05) is 5.32 Å². The summed E-state index contributed by atoms with van der Waals surface area (Å²) < 4.78 is 13.8. The molecule has 6 heteroatoms. The first kappa shape index (κ1) is 15.3. The zero-order chi connectivity index (χ0) is 15.6. The minimum Gasteiger partial charge on any atom is -0.409 e. The molecule has 0 bridgehead atoms. The number of halogens is 1. The van der Waals surface area contributed by atoms with Crippen LogP contribution in [0.5, 0.6) is 0 Å². The van der Waals surface area contributed by atoms with Crippen molar-refractivity contribution >= 4 is 17.4 Å². The molecule has 1 aliphatic rings. The highest BCUT2D eigenvalue weighted by Crippen LogP contribution is 2.43. The Kier molecular flexibility index (Phi) is 4.16. The molecule has 1 saturated carbocycles. The van der Waals surface area contributed by atoms with Crippen LogP contribution in [0, 0.1) is 17.2 Å². The molecule has 1 unspecified atom stereocenters. The van der Waals surface area contributed by atoms with Crippen LogP contribution in [-0.2, 0) is 4.79 Å². The Balaban J connectivity index is 2.28. The Labute approximate surface area is 123 Å². The molecule has 0 heterocycles. The minimum absolute atomic E-state index is 0.0752. The second kappa shape index (κ2) is 5.71. The van der Waals surface area contributed by atoms with Gasteiger partial charge in [0.05, 0.1) is 11.3 Å². The molecule has 2 rings (SSSR count). The van der Waals surface area contributed by atoms with Gasteiger partial charge in [-0.1, -0.05) is 31.5 Å². The van der Waals surface area contributed by atoms with E-state index in [0.29, 0.717) is 0 Å². The van der Waals surface area contributed by atoms with Crippen LogP contribution in [0.25, 0.3) is 0 Å². The Morgan fingerprint density at radius 2 is 2.24 bits per heavy atom. The van der Waals surface area contributed by atoms with Crippen LogP contribution >= 0.6 is 0 Å². The van der Waals surface area contributed by atoms with E-state index >= 15 is 0 Å². The summed E-state index contributed by atoms with van der Waals surface area (Å²) in [6.07, 6.45) is 2.80. The summed E-state index contributed by atoms with van der Waals surface area (Å²) in [7, 11) is 0. The summed E-state index contributed by atoms with van der Waals surface area (Å²) in [6.45, 7) is 4.11. The van der Waals surface area contributed by atoms with Gasteiger partial charge in [0.1, 0.15) is 5.82 Å². The predicted octanol–water partition coefficient (Wildman–Crippen LogP) is 2.68. The highest BCUT2D eigenvalue weighted by atomic mass is 19.1. The lowest BCUT2D eigenvalue weighted by Crippen LogP contribution is -2.31. The Bertz CT molecular complexity index is 584. The van der Waals surface area contributed by atoms with E-state index in [2.05, 4.69) is 24.3 Å². The number of amidine groups is 1. The molecule has 0 spiro atoms. The van der Waals surface area contributed by atoms with Gasteiger partial charge in [0.2, 0.25) is 5.91 Å². The van der Waals surface area contributed by atoms with Crippen LogP contribution in [0.15, 0.2) is 23.4 Å². The molecule has 5 nitrogen and oxygen atoms in total. The zero-order valence-electron chi connectivity index (χ0n) is 12.2. The van der Waals surface area contributed by atoms with Gasteiger partial charge in [-0.15, -0.1) is 0 Å². The van der Waals surface area contributed by atoms with Crippen molar-refractivity contribution < 1.29 is 14.4 Å². The molecule has 1 aliphatic carbocycles. The highest BCUT2D eigenvalue weighted by Gasteiger charge is 2.39. The number of nitrogens with two attached hydrogens (primary N) is 1. The van der Waals surface area contributed by atoms with Crippen LogP contribution in [0.2, 0.25) is 0 Å². The maximum atomic E-state index is 13.8. The minimum atomic E-state index is -0.645. The molecule has 1 aromatic carbocycles. The summed E-state index contributed by atoms with van der Waals surface area (Å²) >= 11 is 0. The van der Waals surface area contributed by atoms with E-state index in [0.717, 1.165) is 19.3 Å². The van der Waals surface area contributed by atoms with E-state index in [1.807, 2.05) is 0 Å². The van der Waals surface area contributed by atoms with Crippen LogP contribution < -0.4 is 11.1 Å². The fourth-order valence-electron chi connectivity index (χ4n) is 2.97. The second-order valence-electron chi connectivity index (χ2n) is 6.07. The molecule has 1 amide bonds. The summed E-state index contributed by atoms with van der Waals surface area (Å²) in [5, 5.41) is 14.3. The number of hydrogen-bond donors (Lipinski definition) is 3. The number of carbonyl (C=O) groups excluding carboxylic acids is 1. The van der Waals surface area contributed by atoms with Crippen molar-refractivity contribution in [1.29, 1.82) is 0 Å². The zero-order valence-corrected chi connectivity index (χ0v) is 12.2. The van der Waals surface area contributed by atoms with Crippen molar-refractivity contribution in [3.05, 3.63) is 29.6 Å². The van der Waals surface area contributed by atoms with Crippen LogP contribution in [-0.4, -0.2) is 17.0 Å². The maximum absolute atomic E-state index is 13.8. The first-order valence-electron chi connectivity index (χ1n) is 6.94. The largest absolute Gasteiger partial charge is 0.409 e. The monoisotopic (exact) mass is 293 g/mol. The highest BCUT2D eigenvalue weighted by molar-refractivity contribution is 6.06. The molecular weight excluding hydrogens is 273 g/mol. The molecule has 0 saturated heterocycles. The Hall–Kier alpha value is -2.11. The lowest BCUT2D eigenvalue weighted by atomic mass is 9.81. The van der Waals surface area contributed by atoms with E-state index in [1.165, 1.54) is 18.2 Å². The van der Waals surface area contributed by atoms with Crippen molar-refractivity contribution in [2.45, 2.75) is 33.1 Å². The average molecular weight is 293 g/mol. The van der Waals surface area contributed by atoms with E-state index in [1.54, 1.807) is 0 Å². The predicted molar refractivity (Wildman–Crippen MR) is 78.7 cm³/mol. The summed E-state index contributed by atoms with van der Waals surface area (Å²) in [6, 6.07) is 4.21. The third-order valence-corrected chi connectivity index (χ3v) is 4.21. The summed E-state index contributed by atoms with van der Waals surface area (Å²) in [4.78, 5) is 12.4. The molecular formula is C15H20FN3O2. The fourth-order valence-corrected chi connectivity index (χ4v) is 2.97. The van der Waals surface area contributed by atoms with E-state index in [4.69, 9.17) is 10.9 Å². The molecule has 0 radical (unpaired) electrons. The number of nitrogens with one attached hydrogen (secondary N) is 1. The van der Waals surface area contributed by atoms with Gasteiger partial charge in [0, 0.05) is 5.92 Å². The maximum Gasteiger partial charge on any atom is 0.228 e. The first-order valence-corrected chi connectivity index (χ1v) is 6.94. The quantitative estimate of drug-likeness (QED) is 0.346. The van der Waals surface area contributed by atoms with Gasteiger partial charge < -0.3 is 16.3 Å². The van der Waals surface area contributed by atoms with E-state index in [-0.39, 0.29) is 34.3 Å². The van der Waals surface area contributed by atoms with Gasteiger partial charge in [-0.05, 0) is 30.4 Å². The van der Waals surface area contributed by atoms with Gasteiger partial charge >= 0.3 is 0 Å². The van der Waals surface area contributed by atoms with Gasteiger partial charge in [-0.2, -0.15) is 0 Å². The number of anilines is 1. The molecule has 1 atom stereocenters. The first-order chi connectivity index (χ1) is 9.86. The van der Waals surface area contributed by atoms with Crippen molar-refractivity contribution in [3.63, 3.8) is 0 Å². The van der Waals surface area contributed by atoms with Gasteiger partial charge in [0.15, 0.2) is 5.84 Å². The molecule has 21 heavy (non-hydrogen) atoms. The lowest BCUT2D eigenvalue weighted by Gasteiger charge is -2.26. The number of rotatable bonds is 3. The Morgan fingerprint density at radius 3 is 2.81 bits per heavy atom. The van der Waals surface area contributed by atoms with Crippen molar-refractivity contribution in [1.82, 2.24) is 0 Å². The standard InChI is InChI=1S/C15H20FN3O2/c1-15(2)8-4-5-9(15)14(20)18-11-7-3-6-10(16)12(11)13(17)19-21/h3,6-7,9,21H,4-5,8H2,1-2H3,(H2,17,19)(H,18,20). The molecule has 114 valence electrons. The van der Waals surface area contributed by atoms with Crippen LogP contribution in [0.4, 0.5) is 10.1 Å². The smallest absolute Gasteiger partial charge is 0.228 e. The number of amides is 1. The number of hydrogen-bond acceptors (Lipinski definition) is 3. The normalized spacial score (nSPS) is 21.3. The van der Waals surface area contributed by atoms with Crippen LogP contribution in [0.1, 0.15) is 38.7 Å². The number of carbonyl (C=O) groups is 1. The molecule has 0 aromatic heterocycles. The fraction of sp³-hybridized carbons (Fsp3) is 0.467. The lowest BCUT2D eigenvalue weighted by molar-refractivity contribution is -0.122. The van der Waals surface area contributed by atoms with Gasteiger partial charge in [-0.3, -0.25) is 4.79 Å². The SMILES string of the molecule is CC1(C)CCCC1C(=O)Nc1cccc(F)c1/C(N)=N/O. The van der Waals surface area contributed by atoms with Crippen molar-refractivity contribution in [3.8, 4) is 0 Å². The summed E-state index contributed by atoms with van der Waals surface area (Å²) in [5.74, 6) is -1.29. The number of nitrogens with zero attached hydrogens (tertiary/aromatic N) is 1. The second-order valence-corrected chi connectivity index (χ2v) is 6.07. The van der Waals surface area contributed by atoms with E-state index < -0.39 is 5.82 Å². The van der Waals surface area contributed by atoms with Crippen molar-refractivity contribution in [2.24, 2.45) is 22.2 Å². The molecule has 1 fully saturated rings. The third kappa shape index (κ3) is 2.99. The Morgan fingerprint density at radius 1 is 1.52 bits per heavy atom. The molecule has 0 aliphatic heterocycles. The van der Waals surface area contributed by atoms with Crippen LogP contribution in [0.3, 0.4) is 0 Å².